The molecule has 2 aromatic carbocycles. The summed E-state index contributed by atoms with van der Waals surface area (Å²) in [6.07, 6.45) is 1.08. The summed E-state index contributed by atoms with van der Waals surface area (Å²) in [5, 5.41) is 2.54. The summed E-state index contributed by atoms with van der Waals surface area (Å²) in [6, 6.07) is 12.3. The highest BCUT2D eigenvalue weighted by Crippen LogP contribution is 2.19. The van der Waals surface area contributed by atoms with Crippen LogP contribution in [0, 0.1) is 0 Å². The highest BCUT2D eigenvalue weighted by molar-refractivity contribution is 7.90. The van der Waals surface area contributed by atoms with Crippen LogP contribution in [0.15, 0.2) is 53.4 Å². The van der Waals surface area contributed by atoms with E-state index in [2.05, 4.69) is 10.1 Å². The predicted octanol–water partition coefficient (Wildman–Crippen LogP) is 1.89. The fourth-order valence-electron chi connectivity index (χ4n) is 2.02. The van der Waals surface area contributed by atoms with E-state index in [0.29, 0.717) is 5.69 Å². The van der Waals surface area contributed by atoms with Crippen molar-refractivity contribution >= 4 is 27.4 Å². The molecule has 0 spiro atoms. The van der Waals surface area contributed by atoms with E-state index >= 15 is 0 Å². The summed E-state index contributed by atoms with van der Waals surface area (Å²) in [4.78, 5) is 23.7. The number of benzene rings is 2. The van der Waals surface area contributed by atoms with Gasteiger partial charge >= 0.3 is 5.97 Å². The van der Waals surface area contributed by atoms with E-state index in [1.54, 1.807) is 24.3 Å². The van der Waals surface area contributed by atoms with Crippen molar-refractivity contribution in [1.29, 1.82) is 0 Å². The highest BCUT2D eigenvalue weighted by atomic mass is 32.2. The SMILES string of the molecule is COC(=O)c1ccccc1OCC(=O)Nc1cccc(S(C)(=O)=O)c1. The Balaban J connectivity index is 2.04. The third-order valence-corrected chi connectivity index (χ3v) is 4.31. The van der Waals surface area contributed by atoms with Gasteiger partial charge in [0.15, 0.2) is 16.4 Å². The smallest absolute Gasteiger partial charge is 0.341 e. The maximum atomic E-state index is 12.0. The Bertz CT molecular complexity index is 892. The highest BCUT2D eigenvalue weighted by Gasteiger charge is 2.14. The third kappa shape index (κ3) is 5.05. The monoisotopic (exact) mass is 363 g/mol. The first-order chi connectivity index (χ1) is 11.8. The van der Waals surface area contributed by atoms with Crippen molar-refractivity contribution in [2.45, 2.75) is 4.90 Å². The second-order valence-electron chi connectivity index (χ2n) is 5.12. The average molecular weight is 363 g/mol. The van der Waals surface area contributed by atoms with Gasteiger partial charge in [-0.25, -0.2) is 13.2 Å². The minimum atomic E-state index is -3.37. The van der Waals surface area contributed by atoms with Gasteiger partial charge in [-0.2, -0.15) is 0 Å². The molecule has 0 aliphatic heterocycles. The van der Waals surface area contributed by atoms with Crippen molar-refractivity contribution in [1.82, 2.24) is 0 Å². The molecule has 7 nitrogen and oxygen atoms in total. The minimum absolute atomic E-state index is 0.0993. The lowest BCUT2D eigenvalue weighted by Gasteiger charge is -2.11. The van der Waals surface area contributed by atoms with Gasteiger partial charge in [-0.15, -0.1) is 0 Å². The number of amides is 1. The van der Waals surface area contributed by atoms with Crippen molar-refractivity contribution in [3.8, 4) is 5.75 Å². The largest absolute Gasteiger partial charge is 0.483 e. The van der Waals surface area contributed by atoms with E-state index in [4.69, 9.17) is 4.74 Å². The molecular weight excluding hydrogens is 346 g/mol. The van der Waals surface area contributed by atoms with Gasteiger partial charge in [-0.05, 0) is 30.3 Å². The number of carbonyl (C=O) groups is 2. The topological polar surface area (TPSA) is 98.8 Å². The molecule has 0 unspecified atom stereocenters. The van der Waals surface area contributed by atoms with Gasteiger partial charge in [-0.3, -0.25) is 4.79 Å². The Hall–Kier alpha value is -2.87. The lowest BCUT2D eigenvalue weighted by molar-refractivity contribution is -0.118. The number of nitrogens with one attached hydrogen (secondary N) is 1. The first-order valence-electron chi connectivity index (χ1n) is 7.21. The van der Waals surface area contributed by atoms with Crippen LogP contribution in [0.4, 0.5) is 5.69 Å². The van der Waals surface area contributed by atoms with Gasteiger partial charge in [0.1, 0.15) is 11.3 Å². The van der Waals surface area contributed by atoms with Gasteiger partial charge in [0, 0.05) is 11.9 Å². The second kappa shape index (κ2) is 7.80. The molecule has 0 radical (unpaired) electrons. The third-order valence-electron chi connectivity index (χ3n) is 3.20. The normalized spacial score (nSPS) is 10.8. The molecule has 132 valence electrons. The summed E-state index contributed by atoms with van der Waals surface area (Å²) in [5.74, 6) is -0.850. The number of esters is 1. The Morgan fingerprint density at radius 3 is 2.48 bits per heavy atom. The number of rotatable bonds is 6. The molecule has 0 fully saturated rings. The molecule has 0 aliphatic rings. The van der Waals surface area contributed by atoms with Crippen LogP contribution in [-0.4, -0.2) is 40.3 Å². The first kappa shape index (κ1) is 18.5. The van der Waals surface area contributed by atoms with Crippen LogP contribution in [0.5, 0.6) is 5.75 Å². The zero-order chi connectivity index (χ0) is 18.4. The summed E-state index contributed by atoms with van der Waals surface area (Å²) in [7, 11) is -2.12. The fourth-order valence-corrected chi connectivity index (χ4v) is 2.68. The quantitative estimate of drug-likeness (QED) is 0.787. The van der Waals surface area contributed by atoms with Crippen LogP contribution in [0.1, 0.15) is 10.4 Å². The maximum Gasteiger partial charge on any atom is 0.341 e. The van der Waals surface area contributed by atoms with Gasteiger partial charge < -0.3 is 14.8 Å². The lowest BCUT2D eigenvalue weighted by Crippen LogP contribution is -2.21. The lowest BCUT2D eigenvalue weighted by atomic mass is 10.2. The van der Waals surface area contributed by atoms with E-state index in [9.17, 15) is 18.0 Å². The van der Waals surface area contributed by atoms with Gasteiger partial charge in [-0.1, -0.05) is 18.2 Å². The predicted molar refractivity (Wildman–Crippen MR) is 91.5 cm³/mol. The number of anilines is 1. The molecule has 0 heterocycles. The Morgan fingerprint density at radius 2 is 1.80 bits per heavy atom. The summed E-state index contributed by atoms with van der Waals surface area (Å²) < 4.78 is 33.1. The number of carbonyl (C=O) groups excluding carboxylic acids is 2. The fraction of sp³-hybridized carbons (Fsp3) is 0.176. The van der Waals surface area contributed by atoms with Crippen molar-refractivity contribution in [3.63, 3.8) is 0 Å². The zero-order valence-electron chi connectivity index (χ0n) is 13.7. The minimum Gasteiger partial charge on any atom is -0.483 e. The molecule has 0 aromatic heterocycles. The van der Waals surface area contributed by atoms with Crippen LogP contribution < -0.4 is 10.1 Å². The van der Waals surface area contributed by atoms with E-state index in [-0.39, 0.29) is 22.8 Å². The van der Waals surface area contributed by atoms with E-state index in [0.717, 1.165) is 6.26 Å². The maximum absolute atomic E-state index is 12.0. The molecule has 0 saturated carbocycles. The van der Waals surface area contributed by atoms with E-state index < -0.39 is 21.7 Å². The van der Waals surface area contributed by atoms with Gasteiger partial charge in [0.2, 0.25) is 0 Å². The number of para-hydroxylation sites is 1. The van der Waals surface area contributed by atoms with Crippen molar-refractivity contribution in [2.24, 2.45) is 0 Å². The second-order valence-corrected chi connectivity index (χ2v) is 7.14. The number of methoxy groups -OCH3 is 1. The van der Waals surface area contributed by atoms with Gasteiger partial charge in [0.25, 0.3) is 5.91 Å². The average Bonchev–Trinajstić information content (AvgIpc) is 2.59. The Kier molecular flexibility index (Phi) is 5.76. The van der Waals surface area contributed by atoms with Crippen molar-refractivity contribution in [3.05, 3.63) is 54.1 Å². The number of hydrogen-bond acceptors (Lipinski definition) is 6. The molecule has 1 N–H and O–H groups in total. The standard InChI is InChI=1S/C17H17NO6S/c1-23-17(20)14-8-3-4-9-15(14)24-11-16(19)18-12-6-5-7-13(10-12)25(2,21)22/h3-10H,11H2,1-2H3,(H,18,19). The molecule has 1 amide bonds. The van der Waals surface area contributed by atoms with Crippen LogP contribution in [-0.2, 0) is 19.4 Å². The molecule has 0 aliphatic carbocycles. The van der Waals surface area contributed by atoms with Gasteiger partial charge in [0.05, 0.1) is 12.0 Å². The zero-order valence-corrected chi connectivity index (χ0v) is 14.5. The molecule has 0 bridgehead atoms. The summed E-state index contributed by atoms with van der Waals surface area (Å²) in [5.41, 5.74) is 0.537. The first-order valence-corrected chi connectivity index (χ1v) is 9.10. The Labute approximate surface area is 145 Å². The molecule has 0 atom stereocenters. The molecule has 2 aromatic rings. The van der Waals surface area contributed by atoms with Crippen LogP contribution >= 0.6 is 0 Å². The number of sulfone groups is 1. The number of hydrogen-bond donors (Lipinski definition) is 1. The molecular formula is C17H17NO6S. The van der Waals surface area contributed by atoms with Crippen molar-refractivity contribution < 1.29 is 27.5 Å². The van der Waals surface area contributed by atoms with Crippen molar-refractivity contribution in [2.75, 3.05) is 25.3 Å². The number of ether oxygens (including phenoxy) is 2. The molecule has 25 heavy (non-hydrogen) atoms. The Morgan fingerprint density at radius 1 is 1.08 bits per heavy atom. The van der Waals surface area contributed by atoms with Crippen LogP contribution in [0.25, 0.3) is 0 Å². The van der Waals surface area contributed by atoms with E-state index in [1.807, 2.05) is 0 Å². The van der Waals surface area contributed by atoms with E-state index in [1.165, 1.54) is 31.4 Å². The summed E-state index contributed by atoms with van der Waals surface area (Å²) >= 11 is 0. The molecule has 8 heteroatoms. The molecule has 0 saturated heterocycles. The summed E-state index contributed by atoms with van der Waals surface area (Å²) in [6.45, 7) is -0.350. The van der Waals surface area contributed by atoms with Crippen LogP contribution in [0.3, 0.4) is 0 Å². The van der Waals surface area contributed by atoms with Crippen LogP contribution in [0.2, 0.25) is 0 Å². The molecule has 2 rings (SSSR count).